The molecular formula is C13H13N3O3. The molecule has 1 amide bonds. The summed E-state index contributed by atoms with van der Waals surface area (Å²) < 4.78 is 4.84. The van der Waals surface area contributed by atoms with Gasteiger partial charge in [0.05, 0.1) is 11.8 Å². The predicted octanol–water partition coefficient (Wildman–Crippen LogP) is 1.50. The van der Waals surface area contributed by atoms with Gasteiger partial charge in [-0.15, -0.1) is 0 Å². The average molecular weight is 259 g/mol. The van der Waals surface area contributed by atoms with E-state index >= 15 is 0 Å². The molecule has 0 saturated carbocycles. The Kier molecular flexibility index (Phi) is 3.82. The molecule has 0 bridgehead atoms. The molecule has 98 valence electrons. The fraction of sp³-hybridized carbons (Fsp3) is 0.0769. The molecule has 4 N–H and O–H groups in total. The number of amidine groups is 1. The first kappa shape index (κ1) is 12.7. The molecule has 19 heavy (non-hydrogen) atoms. The predicted molar refractivity (Wildman–Crippen MR) is 68.8 cm³/mol. The largest absolute Gasteiger partial charge is 0.472 e. The molecule has 1 heterocycles. The molecule has 0 saturated heterocycles. The minimum atomic E-state index is -0.700. The maximum Gasteiger partial charge on any atom is 0.255 e. The van der Waals surface area contributed by atoms with E-state index < -0.39 is 6.04 Å². The third-order valence-electron chi connectivity index (χ3n) is 2.60. The topological polar surface area (TPSA) is 101 Å². The van der Waals surface area contributed by atoms with Gasteiger partial charge in [0.15, 0.2) is 5.84 Å². The van der Waals surface area contributed by atoms with Gasteiger partial charge < -0.3 is 20.7 Å². The van der Waals surface area contributed by atoms with Crippen LogP contribution in [0.25, 0.3) is 0 Å². The van der Waals surface area contributed by atoms with Crippen LogP contribution in [0.3, 0.4) is 0 Å². The first-order chi connectivity index (χ1) is 9.22. The van der Waals surface area contributed by atoms with Gasteiger partial charge in [-0.05, 0) is 11.6 Å². The maximum atomic E-state index is 11.9. The molecule has 6 nitrogen and oxygen atoms in total. The molecule has 1 unspecified atom stereocenters. The smallest absolute Gasteiger partial charge is 0.255 e. The Morgan fingerprint density at radius 1 is 1.32 bits per heavy atom. The quantitative estimate of drug-likeness (QED) is 0.335. The van der Waals surface area contributed by atoms with Gasteiger partial charge >= 0.3 is 0 Å². The number of benzene rings is 1. The van der Waals surface area contributed by atoms with Crippen LogP contribution >= 0.6 is 0 Å². The van der Waals surface area contributed by atoms with Crippen LogP contribution in [-0.2, 0) is 0 Å². The molecule has 1 atom stereocenters. The van der Waals surface area contributed by atoms with E-state index in [2.05, 4.69) is 10.5 Å². The van der Waals surface area contributed by atoms with Gasteiger partial charge in [0.25, 0.3) is 5.91 Å². The lowest BCUT2D eigenvalue weighted by atomic mass is 10.1. The van der Waals surface area contributed by atoms with E-state index in [1.807, 2.05) is 6.07 Å². The minimum Gasteiger partial charge on any atom is -0.472 e. The van der Waals surface area contributed by atoms with E-state index in [0.29, 0.717) is 5.56 Å². The zero-order valence-corrected chi connectivity index (χ0v) is 9.98. The highest BCUT2D eigenvalue weighted by Crippen LogP contribution is 2.14. The van der Waals surface area contributed by atoms with Crippen molar-refractivity contribution < 1.29 is 14.4 Å². The summed E-state index contributed by atoms with van der Waals surface area (Å²) in [4.78, 5) is 11.9. The minimum absolute atomic E-state index is 0.0944. The van der Waals surface area contributed by atoms with Crippen molar-refractivity contribution in [3.63, 3.8) is 0 Å². The number of nitrogens with two attached hydrogens (primary N) is 1. The van der Waals surface area contributed by atoms with E-state index in [1.165, 1.54) is 18.6 Å². The molecule has 0 aliphatic heterocycles. The number of carbonyl (C=O) groups excluding carboxylic acids is 1. The summed E-state index contributed by atoms with van der Waals surface area (Å²) in [6.45, 7) is 0. The molecular weight excluding hydrogens is 246 g/mol. The summed E-state index contributed by atoms with van der Waals surface area (Å²) in [5.41, 5.74) is 6.70. The van der Waals surface area contributed by atoms with Crippen LogP contribution in [0.5, 0.6) is 0 Å². The van der Waals surface area contributed by atoms with Gasteiger partial charge in [0, 0.05) is 0 Å². The summed E-state index contributed by atoms with van der Waals surface area (Å²) in [5, 5.41) is 14.4. The molecule has 0 radical (unpaired) electrons. The number of furan rings is 1. The van der Waals surface area contributed by atoms with Crippen molar-refractivity contribution in [2.24, 2.45) is 10.9 Å². The van der Waals surface area contributed by atoms with Crippen LogP contribution in [-0.4, -0.2) is 17.0 Å². The Morgan fingerprint density at radius 2 is 2.05 bits per heavy atom. The fourth-order valence-corrected chi connectivity index (χ4v) is 1.64. The van der Waals surface area contributed by atoms with Gasteiger partial charge in [-0.25, -0.2) is 0 Å². The van der Waals surface area contributed by atoms with Crippen molar-refractivity contribution in [3.8, 4) is 0 Å². The molecule has 2 rings (SSSR count). The lowest BCUT2D eigenvalue weighted by Crippen LogP contribution is -2.37. The summed E-state index contributed by atoms with van der Waals surface area (Å²) in [6.07, 6.45) is 2.72. The highest BCUT2D eigenvalue weighted by molar-refractivity contribution is 5.98. The second-order valence-electron chi connectivity index (χ2n) is 3.85. The Labute approximate surface area is 109 Å². The Hall–Kier alpha value is -2.76. The van der Waals surface area contributed by atoms with Crippen LogP contribution in [0.1, 0.15) is 22.0 Å². The number of carbonyl (C=O) groups is 1. The van der Waals surface area contributed by atoms with Crippen LogP contribution in [0.15, 0.2) is 58.5 Å². The van der Waals surface area contributed by atoms with E-state index in [-0.39, 0.29) is 11.7 Å². The second kappa shape index (κ2) is 5.72. The first-order valence-electron chi connectivity index (χ1n) is 5.58. The van der Waals surface area contributed by atoms with E-state index in [9.17, 15) is 4.79 Å². The highest BCUT2D eigenvalue weighted by Gasteiger charge is 2.20. The van der Waals surface area contributed by atoms with Crippen molar-refractivity contribution in [1.29, 1.82) is 0 Å². The SMILES string of the molecule is N/C(=N\O)C(NC(=O)c1ccoc1)c1ccccc1. The fourth-order valence-electron chi connectivity index (χ4n) is 1.64. The van der Waals surface area contributed by atoms with E-state index in [4.69, 9.17) is 15.4 Å². The van der Waals surface area contributed by atoms with Crippen molar-refractivity contribution in [3.05, 3.63) is 60.1 Å². The van der Waals surface area contributed by atoms with Gasteiger partial charge in [0.1, 0.15) is 12.3 Å². The molecule has 0 aliphatic rings. The average Bonchev–Trinajstić information content (AvgIpc) is 2.99. The maximum absolute atomic E-state index is 11.9. The van der Waals surface area contributed by atoms with Crippen LogP contribution in [0, 0.1) is 0 Å². The number of amides is 1. The third-order valence-corrected chi connectivity index (χ3v) is 2.60. The Balaban J connectivity index is 2.23. The number of rotatable bonds is 4. The van der Waals surface area contributed by atoms with Crippen LogP contribution in [0.2, 0.25) is 0 Å². The molecule has 0 fully saturated rings. The number of nitrogens with one attached hydrogen (secondary N) is 1. The van der Waals surface area contributed by atoms with Crippen LogP contribution in [0.4, 0.5) is 0 Å². The number of nitrogens with zero attached hydrogens (tertiary/aromatic N) is 1. The third kappa shape index (κ3) is 2.92. The summed E-state index contributed by atoms with van der Waals surface area (Å²) in [5.74, 6) is -0.461. The Morgan fingerprint density at radius 3 is 2.63 bits per heavy atom. The van der Waals surface area contributed by atoms with E-state index in [0.717, 1.165) is 5.56 Å². The van der Waals surface area contributed by atoms with Crippen LogP contribution < -0.4 is 11.1 Å². The number of oxime groups is 1. The summed E-state index contributed by atoms with van der Waals surface area (Å²) in [6, 6.07) is 9.83. The van der Waals surface area contributed by atoms with Gasteiger partial charge in [-0.3, -0.25) is 4.79 Å². The standard InChI is InChI=1S/C13H13N3O3/c14-12(16-18)11(9-4-2-1-3-5-9)15-13(17)10-6-7-19-8-10/h1-8,11,18H,(H2,14,16)(H,15,17). The molecule has 6 heteroatoms. The molecule has 1 aromatic heterocycles. The van der Waals surface area contributed by atoms with Crippen molar-refractivity contribution in [2.45, 2.75) is 6.04 Å². The van der Waals surface area contributed by atoms with Gasteiger partial charge in [-0.2, -0.15) is 0 Å². The zero-order chi connectivity index (χ0) is 13.7. The molecule has 0 spiro atoms. The first-order valence-corrected chi connectivity index (χ1v) is 5.58. The summed E-state index contributed by atoms with van der Waals surface area (Å²) >= 11 is 0. The van der Waals surface area contributed by atoms with Crippen molar-refractivity contribution >= 4 is 11.7 Å². The van der Waals surface area contributed by atoms with Crippen molar-refractivity contribution in [1.82, 2.24) is 5.32 Å². The molecule has 1 aromatic carbocycles. The normalized spacial score (nSPS) is 12.9. The highest BCUT2D eigenvalue weighted by atomic mass is 16.4. The van der Waals surface area contributed by atoms with Gasteiger partial charge in [-0.1, -0.05) is 35.5 Å². The molecule has 0 aliphatic carbocycles. The Bertz CT molecular complexity index is 564. The van der Waals surface area contributed by atoms with E-state index in [1.54, 1.807) is 24.3 Å². The summed E-state index contributed by atoms with van der Waals surface area (Å²) in [7, 11) is 0. The lowest BCUT2D eigenvalue weighted by Gasteiger charge is -2.17. The van der Waals surface area contributed by atoms with Crippen molar-refractivity contribution in [2.75, 3.05) is 0 Å². The second-order valence-corrected chi connectivity index (χ2v) is 3.85. The number of hydrogen-bond donors (Lipinski definition) is 3. The number of hydrogen-bond acceptors (Lipinski definition) is 4. The lowest BCUT2D eigenvalue weighted by molar-refractivity contribution is 0.0945. The molecule has 2 aromatic rings. The zero-order valence-electron chi connectivity index (χ0n) is 9.98. The van der Waals surface area contributed by atoms with Gasteiger partial charge in [0.2, 0.25) is 0 Å². The monoisotopic (exact) mass is 259 g/mol.